The molecule has 3 amide bonds. The predicted octanol–water partition coefficient (Wildman–Crippen LogP) is 6.20. The lowest BCUT2D eigenvalue weighted by molar-refractivity contribution is -0.136. The van der Waals surface area contributed by atoms with Crippen molar-refractivity contribution >= 4 is 51.4 Å². The number of piperazine rings is 1. The molecule has 0 atom stereocenters. The average Bonchev–Trinajstić information content (AvgIpc) is 3.32. The standard InChI is InChI=1S/C35H33N3O5S/c1-2-42-31-21-25(13-15-30(31)43-24-26-12-14-27-8-6-7-9-28(27)20-26)22-32-34(40)38(35(41)44-32)23-33(39)37-18-16-36(17-19-37)29-10-4-3-5-11-29/h3-15,20-22H,2,16-19,23-24H2,1H3/b32-22+. The van der Waals surface area contributed by atoms with Gasteiger partial charge in [0.15, 0.2) is 11.5 Å². The van der Waals surface area contributed by atoms with Crippen LogP contribution in [0.25, 0.3) is 16.8 Å². The van der Waals surface area contributed by atoms with Crippen LogP contribution in [0.1, 0.15) is 18.1 Å². The molecule has 2 heterocycles. The van der Waals surface area contributed by atoms with Gasteiger partial charge in [0.25, 0.3) is 11.1 Å². The first kappa shape index (κ1) is 29.3. The molecule has 4 aromatic carbocycles. The van der Waals surface area contributed by atoms with Gasteiger partial charge >= 0.3 is 0 Å². The first-order valence-electron chi connectivity index (χ1n) is 14.7. The van der Waals surface area contributed by atoms with Crippen LogP contribution in [0.2, 0.25) is 0 Å². The van der Waals surface area contributed by atoms with Crippen LogP contribution in [-0.2, 0) is 16.2 Å². The predicted molar refractivity (Wildman–Crippen MR) is 174 cm³/mol. The topological polar surface area (TPSA) is 79.4 Å². The van der Waals surface area contributed by atoms with Crippen LogP contribution < -0.4 is 14.4 Å². The summed E-state index contributed by atoms with van der Waals surface area (Å²) in [6.45, 7) is 4.91. The van der Waals surface area contributed by atoms with Crippen molar-refractivity contribution in [1.82, 2.24) is 9.80 Å². The minimum atomic E-state index is -0.467. The van der Waals surface area contributed by atoms with E-state index < -0.39 is 11.1 Å². The Morgan fingerprint density at radius 2 is 1.57 bits per heavy atom. The molecular formula is C35H33N3O5S. The van der Waals surface area contributed by atoms with Crippen LogP contribution in [0.4, 0.5) is 10.5 Å². The van der Waals surface area contributed by atoms with Crippen LogP contribution in [0, 0.1) is 0 Å². The quantitative estimate of drug-likeness (QED) is 0.210. The molecule has 2 fully saturated rings. The number of anilines is 1. The van der Waals surface area contributed by atoms with Crippen molar-refractivity contribution in [2.75, 3.05) is 44.2 Å². The summed E-state index contributed by atoms with van der Waals surface area (Å²) in [5, 5.41) is 1.87. The van der Waals surface area contributed by atoms with E-state index in [4.69, 9.17) is 9.47 Å². The summed E-state index contributed by atoms with van der Waals surface area (Å²) in [7, 11) is 0. The van der Waals surface area contributed by atoms with Crippen molar-refractivity contribution in [3.05, 3.63) is 107 Å². The second-order valence-corrected chi connectivity index (χ2v) is 11.6. The maximum absolute atomic E-state index is 13.2. The van der Waals surface area contributed by atoms with Crippen molar-refractivity contribution < 1.29 is 23.9 Å². The van der Waals surface area contributed by atoms with Gasteiger partial charge in [-0.2, -0.15) is 0 Å². The fourth-order valence-corrected chi connectivity index (χ4v) is 6.21. The highest BCUT2D eigenvalue weighted by Gasteiger charge is 2.37. The molecule has 0 aliphatic carbocycles. The van der Waals surface area contributed by atoms with E-state index in [1.165, 1.54) is 5.39 Å². The number of fused-ring (bicyclic) bond motifs is 1. The first-order valence-corrected chi connectivity index (χ1v) is 15.5. The summed E-state index contributed by atoms with van der Waals surface area (Å²) in [6.07, 6.45) is 1.66. The number of imide groups is 1. The molecule has 0 radical (unpaired) electrons. The molecule has 0 saturated carbocycles. The summed E-state index contributed by atoms with van der Waals surface area (Å²) in [5.41, 5.74) is 2.85. The summed E-state index contributed by atoms with van der Waals surface area (Å²) in [6, 6.07) is 29.9. The molecule has 44 heavy (non-hydrogen) atoms. The zero-order chi connectivity index (χ0) is 30.5. The SMILES string of the molecule is CCOc1cc(/C=C2/SC(=O)N(CC(=O)N3CCN(c4ccccc4)CC3)C2=O)ccc1OCc1ccc2ccccc2c1. The van der Waals surface area contributed by atoms with Crippen LogP contribution in [0.5, 0.6) is 11.5 Å². The summed E-state index contributed by atoms with van der Waals surface area (Å²) < 4.78 is 12.0. The van der Waals surface area contributed by atoms with E-state index >= 15 is 0 Å². The van der Waals surface area contributed by atoms with Crippen LogP contribution in [-0.4, -0.2) is 66.2 Å². The lowest BCUT2D eigenvalue weighted by atomic mass is 10.1. The summed E-state index contributed by atoms with van der Waals surface area (Å²) in [4.78, 5) is 44.2. The van der Waals surface area contributed by atoms with Gasteiger partial charge < -0.3 is 19.3 Å². The maximum atomic E-state index is 13.2. The van der Waals surface area contributed by atoms with Crippen molar-refractivity contribution in [3.63, 3.8) is 0 Å². The number of hydrogen-bond donors (Lipinski definition) is 0. The number of rotatable bonds is 9. The Kier molecular flexibility index (Phi) is 8.84. The van der Waals surface area contributed by atoms with Gasteiger partial charge in [-0.25, -0.2) is 0 Å². The molecule has 224 valence electrons. The van der Waals surface area contributed by atoms with Crippen LogP contribution in [0.3, 0.4) is 0 Å². The summed E-state index contributed by atoms with van der Waals surface area (Å²) >= 11 is 0.842. The average molecular weight is 608 g/mol. The van der Waals surface area contributed by atoms with Crippen LogP contribution >= 0.6 is 11.8 Å². The number of hydrogen-bond acceptors (Lipinski definition) is 7. The van der Waals surface area contributed by atoms with E-state index in [1.54, 1.807) is 23.1 Å². The maximum Gasteiger partial charge on any atom is 0.294 e. The third-order valence-electron chi connectivity index (χ3n) is 7.69. The first-order chi connectivity index (χ1) is 21.5. The van der Waals surface area contributed by atoms with E-state index in [-0.39, 0.29) is 17.4 Å². The monoisotopic (exact) mass is 607 g/mol. The van der Waals surface area contributed by atoms with E-state index in [2.05, 4.69) is 29.2 Å². The normalized spacial score (nSPS) is 16.2. The van der Waals surface area contributed by atoms with Gasteiger partial charge in [-0.3, -0.25) is 19.3 Å². The molecule has 2 saturated heterocycles. The van der Waals surface area contributed by atoms with Gasteiger partial charge in [0.05, 0.1) is 11.5 Å². The van der Waals surface area contributed by atoms with E-state index in [0.29, 0.717) is 56.5 Å². The Bertz CT molecular complexity index is 1720. The molecule has 2 aliphatic rings. The van der Waals surface area contributed by atoms with Gasteiger partial charge in [0.1, 0.15) is 13.2 Å². The van der Waals surface area contributed by atoms with Gasteiger partial charge in [0, 0.05) is 31.9 Å². The van der Waals surface area contributed by atoms with Gasteiger partial charge in [-0.1, -0.05) is 60.7 Å². The molecule has 4 aromatic rings. The number of amides is 3. The molecule has 6 rings (SSSR count). The fraction of sp³-hybridized carbons (Fsp3) is 0.229. The van der Waals surface area contributed by atoms with Crippen molar-refractivity contribution in [2.24, 2.45) is 0 Å². The number of carbonyl (C=O) groups is 3. The fourth-order valence-electron chi connectivity index (χ4n) is 5.37. The number of benzene rings is 4. The van der Waals surface area contributed by atoms with E-state index in [0.717, 1.165) is 33.3 Å². The highest BCUT2D eigenvalue weighted by molar-refractivity contribution is 8.18. The van der Waals surface area contributed by atoms with E-state index in [9.17, 15) is 14.4 Å². The second-order valence-electron chi connectivity index (χ2n) is 10.6. The molecule has 0 aromatic heterocycles. The molecule has 2 aliphatic heterocycles. The van der Waals surface area contributed by atoms with Crippen molar-refractivity contribution in [1.29, 1.82) is 0 Å². The highest BCUT2D eigenvalue weighted by Crippen LogP contribution is 2.35. The minimum Gasteiger partial charge on any atom is -0.490 e. The van der Waals surface area contributed by atoms with Crippen molar-refractivity contribution in [2.45, 2.75) is 13.5 Å². The lowest BCUT2D eigenvalue weighted by Crippen LogP contribution is -2.51. The molecule has 0 bridgehead atoms. The zero-order valence-corrected chi connectivity index (χ0v) is 25.3. The summed E-state index contributed by atoms with van der Waals surface area (Å²) in [5.74, 6) is 0.438. The highest BCUT2D eigenvalue weighted by atomic mass is 32.2. The molecule has 0 spiro atoms. The minimum absolute atomic E-state index is 0.229. The number of carbonyl (C=O) groups excluding carboxylic acids is 3. The lowest BCUT2D eigenvalue weighted by Gasteiger charge is -2.36. The van der Waals surface area contributed by atoms with Crippen LogP contribution in [0.15, 0.2) is 95.9 Å². The van der Waals surface area contributed by atoms with Gasteiger partial charge in [-0.05, 0) is 77.0 Å². The smallest absolute Gasteiger partial charge is 0.294 e. The third kappa shape index (κ3) is 6.58. The number of para-hydroxylation sites is 1. The van der Waals surface area contributed by atoms with Gasteiger partial charge in [0.2, 0.25) is 5.91 Å². The molecule has 8 nitrogen and oxygen atoms in total. The number of thioether (sulfide) groups is 1. The second kappa shape index (κ2) is 13.3. The molecule has 0 N–H and O–H groups in total. The Labute approximate surface area is 260 Å². The largest absolute Gasteiger partial charge is 0.490 e. The number of nitrogens with zero attached hydrogens (tertiary/aromatic N) is 3. The zero-order valence-electron chi connectivity index (χ0n) is 24.5. The van der Waals surface area contributed by atoms with E-state index in [1.807, 2.05) is 61.5 Å². The molecular weight excluding hydrogens is 574 g/mol. The Hall–Kier alpha value is -4.76. The third-order valence-corrected chi connectivity index (χ3v) is 8.60. The van der Waals surface area contributed by atoms with Gasteiger partial charge in [-0.15, -0.1) is 0 Å². The Morgan fingerprint density at radius 1 is 0.818 bits per heavy atom. The Morgan fingerprint density at radius 3 is 2.34 bits per heavy atom. The Balaban J connectivity index is 1.09. The molecule has 9 heteroatoms. The molecule has 0 unspecified atom stereocenters. The van der Waals surface area contributed by atoms with Crippen molar-refractivity contribution in [3.8, 4) is 11.5 Å². The number of ether oxygens (including phenoxy) is 2.